The molecule has 8 heteroatoms. The molecule has 0 saturated heterocycles. The topological polar surface area (TPSA) is 101 Å². The summed E-state index contributed by atoms with van der Waals surface area (Å²) in [6.07, 6.45) is 2.05. The summed E-state index contributed by atoms with van der Waals surface area (Å²) < 4.78 is 20.3. The summed E-state index contributed by atoms with van der Waals surface area (Å²) in [5.74, 6) is -2.97. The smallest absolute Gasteiger partial charge is 0.303 e. The zero-order valence-corrected chi connectivity index (χ0v) is 19.5. The summed E-state index contributed by atoms with van der Waals surface area (Å²) in [4.78, 5) is 35.0. The molecule has 3 unspecified atom stereocenters. The van der Waals surface area contributed by atoms with Crippen molar-refractivity contribution >= 4 is 29.1 Å². The van der Waals surface area contributed by atoms with Crippen molar-refractivity contribution in [1.29, 1.82) is 0 Å². The van der Waals surface area contributed by atoms with Gasteiger partial charge in [0.05, 0.1) is 11.0 Å². The van der Waals surface area contributed by atoms with E-state index >= 15 is 4.39 Å². The minimum absolute atomic E-state index is 0.00963. The zero-order valence-electron chi connectivity index (χ0n) is 18.7. The van der Waals surface area contributed by atoms with Crippen molar-refractivity contribution in [2.45, 2.75) is 69.7 Å². The fourth-order valence-electron chi connectivity index (χ4n) is 7.41. The Morgan fingerprint density at radius 1 is 1.28 bits per heavy atom. The Morgan fingerprint density at radius 3 is 2.56 bits per heavy atom. The number of hydrogen-bond donors (Lipinski definition) is 2. The highest BCUT2D eigenvalue weighted by Gasteiger charge is 2.75. The van der Waals surface area contributed by atoms with Gasteiger partial charge in [0.25, 0.3) is 0 Å². The third-order valence-corrected chi connectivity index (χ3v) is 9.97. The van der Waals surface area contributed by atoms with Crippen LogP contribution in [0.1, 0.15) is 47.0 Å². The van der Waals surface area contributed by atoms with E-state index in [9.17, 15) is 24.6 Å². The molecule has 3 fully saturated rings. The molecular formula is C24H30ClFO6. The SMILES string of the molecule is CC(=O)OCC(=O)[C@@]1(O)C(C)C[C@H]2[C@@H]3CC(F)C4=CC(=O)C=C[C@]4(C)[C@@]3(Cl)C(O)C[C@@]21C. The van der Waals surface area contributed by atoms with Gasteiger partial charge in [0.15, 0.2) is 12.4 Å². The largest absolute Gasteiger partial charge is 0.458 e. The second-order valence-electron chi connectivity index (χ2n) is 10.5. The standard InChI is InChI=1S/C24H30ClFO6/c1-12-7-15-16-9-18(26)17-8-14(28)5-6-21(17,3)23(16,25)19(29)10-22(15,4)24(12,31)20(30)11-32-13(2)27/h5-6,8,12,15-16,18-19,29,31H,7,9-11H2,1-4H3/t12?,15-,16-,18?,19?,21-,22-,23-,24-/m0/s1. The molecule has 4 rings (SSSR count). The predicted molar refractivity (Wildman–Crippen MR) is 115 cm³/mol. The van der Waals surface area contributed by atoms with Crippen LogP contribution < -0.4 is 0 Å². The minimum atomic E-state index is -1.85. The highest BCUT2D eigenvalue weighted by Crippen LogP contribution is 2.71. The Hall–Kier alpha value is -1.57. The molecule has 2 N–H and O–H groups in total. The summed E-state index contributed by atoms with van der Waals surface area (Å²) >= 11 is 7.25. The third kappa shape index (κ3) is 2.74. The summed E-state index contributed by atoms with van der Waals surface area (Å²) in [5.41, 5.74) is -3.76. The molecule has 0 bridgehead atoms. The number of Topliss-reactive ketones (excluding diaryl/α,β-unsaturated/α-hetero) is 1. The number of ether oxygens (including phenoxy) is 1. The molecule has 176 valence electrons. The maximum Gasteiger partial charge on any atom is 0.303 e. The molecule has 0 aromatic carbocycles. The molecule has 0 heterocycles. The van der Waals surface area contributed by atoms with Crippen molar-refractivity contribution in [2.75, 3.05) is 6.61 Å². The fourth-order valence-corrected chi connectivity index (χ4v) is 7.90. The molecule has 3 saturated carbocycles. The number of aliphatic hydroxyl groups is 2. The predicted octanol–water partition coefficient (Wildman–Crippen LogP) is 2.68. The molecule has 6 nitrogen and oxygen atoms in total. The number of rotatable bonds is 3. The summed E-state index contributed by atoms with van der Waals surface area (Å²) in [6, 6.07) is 0. The van der Waals surface area contributed by atoms with Gasteiger partial charge in [0, 0.05) is 17.8 Å². The van der Waals surface area contributed by atoms with E-state index in [1.807, 2.05) is 0 Å². The van der Waals surface area contributed by atoms with Crippen molar-refractivity contribution in [2.24, 2.45) is 28.6 Å². The first-order valence-corrected chi connectivity index (χ1v) is 11.5. The first-order chi connectivity index (χ1) is 14.7. The lowest BCUT2D eigenvalue weighted by molar-refractivity contribution is -0.183. The van der Waals surface area contributed by atoms with Crippen LogP contribution in [-0.2, 0) is 19.1 Å². The number of fused-ring (bicyclic) bond motifs is 5. The van der Waals surface area contributed by atoms with Gasteiger partial charge in [0.2, 0.25) is 5.78 Å². The van der Waals surface area contributed by atoms with Crippen molar-refractivity contribution in [3.05, 3.63) is 23.8 Å². The Bertz CT molecular complexity index is 947. The highest BCUT2D eigenvalue weighted by molar-refractivity contribution is 6.26. The van der Waals surface area contributed by atoms with Crippen LogP contribution in [0.15, 0.2) is 23.8 Å². The molecular weight excluding hydrogens is 439 g/mol. The Balaban J connectivity index is 1.79. The Labute approximate surface area is 191 Å². The number of ketones is 2. The van der Waals surface area contributed by atoms with Gasteiger partial charge in [-0.25, -0.2) is 4.39 Å². The van der Waals surface area contributed by atoms with Crippen LogP contribution in [0, 0.1) is 28.6 Å². The quantitative estimate of drug-likeness (QED) is 0.488. The minimum Gasteiger partial charge on any atom is -0.458 e. The van der Waals surface area contributed by atoms with E-state index in [2.05, 4.69) is 0 Å². The van der Waals surface area contributed by atoms with Crippen LogP contribution in [0.25, 0.3) is 0 Å². The molecule has 0 aliphatic heterocycles. The maximum absolute atomic E-state index is 15.5. The lowest BCUT2D eigenvalue weighted by atomic mass is 9.45. The molecule has 0 amide bonds. The zero-order chi connectivity index (χ0) is 23.9. The molecule has 0 aromatic rings. The average Bonchev–Trinajstić information content (AvgIpc) is 2.91. The molecule has 0 radical (unpaired) electrons. The van der Waals surface area contributed by atoms with Crippen LogP contribution in [0.4, 0.5) is 4.39 Å². The van der Waals surface area contributed by atoms with Gasteiger partial charge in [-0.05, 0) is 54.7 Å². The monoisotopic (exact) mass is 468 g/mol. The number of allylic oxidation sites excluding steroid dienone is 4. The van der Waals surface area contributed by atoms with Gasteiger partial charge in [-0.2, -0.15) is 0 Å². The fraction of sp³-hybridized carbons (Fsp3) is 0.708. The summed E-state index contributed by atoms with van der Waals surface area (Å²) in [7, 11) is 0. The third-order valence-electron chi connectivity index (χ3n) is 9.04. The molecule has 0 aromatic heterocycles. The number of carbonyl (C=O) groups is 3. The molecule has 9 atom stereocenters. The van der Waals surface area contributed by atoms with Crippen molar-refractivity contribution in [1.82, 2.24) is 0 Å². The second-order valence-corrected chi connectivity index (χ2v) is 11.1. The molecule has 4 aliphatic carbocycles. The Kier molecular flexibility index (Phi) is 5.32. The molecule has 4 aliphatic rings. The molecule has 32 heavy (non-hydrogen) atoms. The van der Waals surface area contributed by atoms with E-state index < -0.39 is 63.8 Å². The lowest BCUT2D eigenvalue weighted by Crippen LogP contribution is -2.70. The Morgan fingerprint density at radius 2 is 1.94 bits per heavy atom. The number of carbonyl (C=O) groups excluding carboxylic acids is 3. The number of aliphatic hydroxyl groups excluding tert-OH is 1. The van der Waals surface area contributed by atoms with Crippen molar-refractivity contribution in [3.8, 4) is 0 Å². The summed E-state index contributed by atoms with van der Waals surface area (Å²) in [5, 5.41) is 23.2. The van der Waals surface area contributed by atoms with Gasteiger partial charge >= 0.3 is 5.97 Å². The number of hydrogen-bond acceptors (Lipinski definition) is 6. The van der Waals surface area contributed by atoms with Gasteiger partial charge in [-0.3, -0.25) is 14.4 Å². The first-order valence-electron chi connectivity index (χ1n) is 11.1. The lowest BCUT2D eigenvalue weighted by Gasteiger charge is -2.64. The second kappa shape index (κ2) is 7.21. The van der Waals surface area contributed by atoms with E-state index in [0.29, 0.717) is 6.42 Å². The van der Waals surface area contributed by atoms with Crippen LogP contribution in [0.5, 0.6) is 0 Å². The van der Waals surface area contributed by atoms with Gasteiger partial charge in [0.1, 0.15) is 11.8 Å². The number of esters is 1. The van der Waals surface area contributed by atoms with Crippen molar-refractivity contribution < 1.29 is 33.7 Å². The first kappa shape index (κ1) is 23.6. The van der Waals surface area contributed by atoms with Crippen LogP contribution in [-0.4, -0.2) is 57.1 Å². The van der Waals surface area contributed by atoms with E-state index in [4.69, 9.17) is 16.3 Å². The van der Waals surface area contributed by atoms with E-state index in [1.54, 1.807) is 26.8 Å². The van der Waals surface area contributed by atoms with Crippen LogP contribution >= 0.6 is 11.6 Å². The van der Waals surface area contributed by atoms with Crippen LogP contribution in [0.2, 0.25) is 0 Å². The number of halogens is 2. The van der Waals surface area contributed by atoms with Gasteiger partial charge in [-0.15, -0.1) is 11.6 Å². The maximum atomic E-state index is 15.5. The van der Waals surface area contributed by atoms with E-state index in [0.717, 1.165) is 0 Å². The number of alkyl halides is 2. The molecule has 0 spiro atoms. The van der Waals surface area contributed by atoms with Gasteiger partial charge < -0.3 is 14.9 Å². The normalized spacial score (nSPS) is 49.6. The summed E-state index contributed by atoms with van der Waals surface area (Å²) in [6.45, 7) is 5.86. The average molecular weight is 469 g/mol. The van der Waals surface area contributed by atoms with Gasteiger partial charge in [-0.1, -0.05) is 26.8 Å². The van der Waals surface area contributed by atoms with Crippen LogP contribution in [0.3, 0.4) is 0 Å². The van der Waals surface area contributed by atoms with Crippen molar-refractivity contribution in [3.63, 3.8) is 0 Å². The van der Waals surface area contributed by atoms with E-state index in [-0.39, 0.29) is 30.1 Å². The van der Waals surface area contributed by atoms with E-state index in [1.165, 1.54) is 19.1 Å². The highest BCUT2D eigenvalue weighted by atomic mass is 35.5.